The minimum atomic E-state index is -4.90. The van der Waals surface area contributed by atoms with Crippen molar-refractivity contribution in [3.63, 3.8) is 0 Å². The van der Waals surface area contributed by atoms with E-state index in [9.17, 15) is 35.9 Å². The Bertz CT molecular complexity index is 1070. The summed E-state index contributed by atoms with van der Waals surface area (Å²) in [4.78, 5) is 24.4. The predicted molar refractivity (Wildman–Crippen MR) is 90.8 cm³/mol. The number of hydrogen-bond donors (Lipinski definition) is 1. The van der Waals surface area contributed by atoms with E-state index in [4.69, 9.17) is 0 Å². The number of halogens is 6. The maximum absolute atomic E-state index is 12.8. The van der Waals surface area contributed by atoms with Gasteiger partial charge in [-0.1, -0.05) is 17.3 Å². The zero-order chi connectivity index (χ0) is 22.1. The Kier molecular flexibility index (Phi) is 5.38. The molecule has 11 heteroatoms. The molecule has 1 heterocycles. The van der Waals surface area contributed by atoms with Crippen LogP contribution in [0, 0.1) is 0 Å². The van der Waals surface area contributed by atoms with Crippen molar-refractivity contribution in [2.24, 2.45) is 0 Å². The molecule has 0 aliphatic heterocycles. The monoisotopic (exact) mass is 428 g/mol. The summed E-state index contributed by atoms with van der Waals surface area (Å²) in [6, 6.07) is 8.68. The van der Waals surface area contributed by atoms with E-state index in [2.05, 4.69) is 15.0 Å². The molecule has 0 fully saturated rings. The topological polar surface area (TPSA) is 72.2 Å². The normalized spacial score (nSPS) is 11.9. The second-order valence-corrected chi connectivity index (χ2v) is 6.00. The molecule has 0 saturated carbocycles. The van der Waals surface area contributed by atoms with Gasteiger partial charge in [-0.15, -0.1) is 0 Å². The van der Waals surface area contributed by atoms with Gasteiger partial charge in [0, 0.05) is 16.8 Å². The summed E-state index contributed by atoms with van der Waals surface area (Å²) in [6.45, 7) is 0. The van der Waals surface area contributed by atoms with Crippen molar-refractivity contribution in [2.75, 3.05) is 5.32 Å². The van der Waals surface area contributed by atoms with Crippen LogP contribution in [0.25, 0.3) is 0 Å². The van der Waals surface area contributed by atoms with Crippen LogP contribution in [0.3, 0.4) is 0 Å². The Morgan fingerprint density at radius 2 is 1.33 bits per heavy atom. The van der Waals surface area contributed by atoms with Crippen LogP contribution in [0.1, 0.15) is 37.6 Å². The standard InChI is InChI=1S/C19H10F6N2O3/c20-18(21,22)12-5-1-10(2-6-12)15(28)11-3-7-13(8-4-11)27-17(29)14-9-26-30-16(14)19(23,24)25/h1-9H,(H,27,29). The number of aromatic nitrogens is 1. The number of amides is 1. The molecule has 1 N–H and O–H groups in total. The van der Waals surface area contributed by atoms with Crippen LogP contribution in [0.2, 0.25) is 0 Å². The summed E-state index contributed by atoms with van der Waals surface area (Å²) in [5.74, 6) is -3.24. The van der Waals surface area contributed by atoms with E-state index < -0.39 is 40.9 Å². The molecule has 0 unspecified atom stereocenters. The first-order valence-corrected chi connectivity index (χ1v) is 8.12. The van der Waals surface area contributed by atoms with Crippen molar-refractivity contribution in [3.8, 4) is 0 Å². The number of ketones is 1. The smallest absolute Gasteiger partial charge is 0.351 e. The summed E-state index contributed by atoms with van der Waals surface area (Å²) in [5.41, 5.74) is -1.51. The average molecular weight is 428 g/mol. The van der Waals surface area contributed by atoms with E-state index in [-0.39, 0.29) is 16.8 Å². The fourth-order valence-corrected chi connectivity index (χ4v) is 2.49. The lowest BCUT2D eigenvalue weighted by molar-refractivity contribution is -0.155. The molecule has 1 aromatic heterocycles. The quantitative estimate of drug-likeness (QED) is 0.458. The minimum absolute atomic E-state index is 0.0130. The van der Waals surface area contributed by atoms with Gasteiger partial charge in [-0.05, 0) is 36.4 Å². The summed E-state index contributed by atoms with van der Waals surface area (Å²) >= 11 is 0. The summed E-state index contributed by atoms with van der Waals surface area (Å²) in [6.07, 6.45) is -8.81. The second-order valence-electron chi connectivity index (χ2n) is 6.00. The van der Waals surface area contributed by atoms with E-state index in [1.165, 1.54) is 24.3 Å². The Hall–Kier alpha value is -3.63. The van der Waals surface area contributed by atoms with Crippen LogP contribution < -0.4 is 5.32 Å². The molecule has 2 aromatic carbocycles. The zero-order valence-corrected chi connectivity index (χ0v) is 14.6. The number of benzene rings is 2. The summed E-state index contributed by atoms with van der Waals surface area (Å²) < 4.78 is 80.1. The molecule has 0 bridgehead atoms. The Morgan fingerprint density at radius 1 is 0.800 bits per heavy atom. The van der Waals surface area contributed by atoms with Gasteiger partial charge >= 0.3 is 12.4 Å². The highest BCUT2D eigenvalue weighted by Gasteiger charge is 2.40. The fourth-order valence-electron chi connectivity index (χ4n) is 2.49. The molecule has 0 atom stereocenters. The largest absolute Gasteiger partial charge is 0.453 e. The van der Waals surface area contributed by atoms with E-state index in [1.54, 1.807) is 0 Å². The molecule has 0 spiro atoms. The van der Waals surface area contributed by atoms with Crippen LogP contribution in [-0.4, -0.2) is 16.8 Å². The summed E-state index contributed by atoms with van der Waals surface area (Å²) in [7, 11) is 0. The zero-order valence-electron chi connectivity index (χ0n) is 14.6. The molecule has 0 aliphatic rings. The van der Waals surface area contributed by atoms with Crippen molar-refractivity contribution in [1.29, 1.82) is 0 Å². The Labute approximate surface area is 164 Å². The lowest BCUT2D eigenvalue weighted by atomic mass is 10.0. The van der Waals surface area contributed by atoms with Gasteiger partial charge in [0.1, 0.15) is 5.56 Å². The molecule has 156 valence electrons. The summed E-state index contributed by atoms with van der Waals surface area (Å²) in [5, 5.41) is 5.18. The first-order chi connectivity index (χ1) is 14.0. The highest BCUT2D eigenvalue weighted by molar-refractivity contribution is 6.09. The van der Waals surface area contributed by atoms with Crippen molar-refractivity contribution in [1.82, 2.24) is 5.16 Å². The van der Waals surface area contributed by atoms with Gasteiger partial charge in [-0.25, -0.2) is 0 Å². The number of nitrogens with one attached hydrogen (secondary N) is 1. The van der Waals surface area contributed by atoms with Crippen molar-refractivity contribution in [3.05, 3.63) is 82.7 Å². The highest BCUT2D eigenvalue weighted by Crippen LogP contribution is 2.32. The number of nitrogens with zero attached hydrogens (tertiary/aromatic N) is 1. The molecular formula is C19H10F6N2O3. The van der Waals surface area contributed by atoms with Crippen molar-refractivity contribution < 1.29 is 40.5 Å². The molecular weight excluding hydrogens is 418 g/mol. The van der Waals surface area contributed by atoms with Gasteiger partial charge < -0.3 is 9.84 Å². The fraction of sp³-hybridized carbons (Fsp3) is 0.105. The number of alkyl halides is 6. The van der Waals surface area contributed by atoms with Crippen LogP contribution in [0.4, 0.5) is 32.0 Å². The molecule has 0 aliphatic carbocycles. The van der Waals surface area contributed by atoms with Crippen molar-refractivity contribution in [2.45, 2.75) is 12.4 Å². The van der Waals surface area contributed by atoms with Crippen LogP contribution >= 0.6 is 0 Å². The number of carbonyl (C=O) groups is 2. The van der Waals surface area contributed by atoms with Gasteiger partial charge in [0.25, 0.3) is 11.7 Å². The van der Waals surface area contributed by atoms with Gasteiger partial charge in [0.05, 0.1) is 11.8 Å². The third kappa shape index (κ3) is 4.50. The van der Waals surface area contributed by atoms with Crippen LogP contribution in [-0.2, 0) is 12.4 Å². The maximum Gasteiger partial charge on any atom is 0.453 e. The predicted octanol–water partition coefficient (Wildman–Crippen LogP) is 5.20. The van der Waals surface area contributed by atoms with Gasteiger partial charge in [-0.3, -0.25) is 9.59 Å². The van der Waals surface area contributed by atoms with Crippen molar-refractivity contribution >= 4 is 17.4 Å². The van der Waals surface area contributed by atoms with Crippen LogP contribution in [0.15, 0.2) is 59.3 Å². The Balaban J connectivity index is 1.73. The Morgan fingerprint density at radius 3 is 1.83 bits per heavy atom. The molecule has 1 amide bonds. The number of carbonyl (C=O) groups excluding carboxylic acids is 2. The molecule has 0 radical (unpaired) electrons. The van der Waals surface area contributed by atoms with Gasteiger partial charge in [-0.2, -0.15) is 26.3 Å². The van der Waals surface area contributed by atoms with E-state index >= 15 is 0 Å². The first kappa shape index (κ1) is 21.1. The average Bonchev–Trinajstić information content (AvgIpc) is 3.18. The van der Waals surface area contributed by atoms with Gasteiger partial charge in [0.2, 0.25) is 0 Å². The number of hydrogen-bond acceptors (Lipinski definition) is 4. The molecule has 3 aromatic rings. The van der Waals surface area contributed by atoms with E-state index in [1.807, 2.05) is 0 Å². The lowest BCUT2D eigenvalue weighted by Gasteiger charge is -2.08. The van der Waals surface area contributed by atoms with E-state index in [0.717, 1.165) is 24.3 Å². The van der Waals surface area contributed by atoms with E-state index in [0.29, 0.717) is 6.20 Å². The molecule has 0 saturated heterocycles. The minimum Gasteiger partial charge on any atom is -0.351 e. The lowest BCUT2D eigenvalue weighted by Crippen LogP contribution is -2.17. The second kappa shape index (κ2) is 7.65. The molecule has 5 nitrogen and oxygen atoms in total. The first-order valence-electron chi connectivity index (χ1n) is 8.12. The number of rotatable bonds is 4. The SMILES string of the molecule is O=C(c1ccc(NC(=O)c2cnoc2C(F)(F)F)cc1)c1ccc(C(F)(F)F)cc1. The third-order valence-electron chi connectivity index (χ3n) is 3.95. The maximum atomic E-state index is 12.8. The number of anilines is 1. The third-order valence-corrected chi connectivity index (χ3v) is 3.95. The molecule has 3 rings (SSSR count). The van der Waals surface area contributed by atoms with Gasteiger partial charge in [0.15, 0.2) is 5.78 Å². The molecule has 30 heavy (non-hydrogen) atoms. The highest BCUT2D eigenvalue weighted by atomic mass is 19.4. The van der Waals surface area contributed by atoms with Crippen LogP contribution in [0.5, 0.6) is 0 Å².